The Bertz CT molecular complexity index is 1220. The van der Waals surface area contributed by atoms with Gasteiger partial charge in [-0.1, -0.05) is 53.9 Å². The highest BCUT2D eigenvalue weighted by Crippen LogP contribution is 2.42. The number of ether oxygens (including phenoxy) is 3. The molecule has 0 saturated carbocycles. The molecule has 36 heavy (non-hydrogen) atoms. The van der Waals surface area contributed by atoms with E-state index in [1.54, 1.807) is 39.2 Å². The molecule has 0 aliphatic rings. The number of benzene rings is 2. The predicted octanol–water partition coefficient (Wildman–Crippen LogP) is 5.45. The summed E-state index contributed by atoms with van der Waals surface area (Å²) in [7, 11) is 8.85. The summed E-state index contributed by atoms with van der Waals surface area (Å²) < 4.78 is 18.5. The molecule has 3 rings (SSSR count). The third-order valence-electron chi connectivity index (χ3n) is 6.10. The van der Waals surface area contributed by atoms with E-state index in [0.29, 0.717) is 39.9 Å². The maximum Gasteiger partial charge on any atom is 0.262 e. The molecule has 0 saturated heterocycles. The Morgan fingerprint density at radius 1 is 0.889 bits per heavy atom. The first kappa shape index (κ1) is 27.9. The van der Waals surface area contributed by atoms with E-state index in [1.165, 1.54) is 16.7 Å². The second kappa shape index (κ2) is 13.0. The molecular weight excluding hydrogens is 474 g/mol. The van der Waals surface area contributed by atoms with Gasteiger partial charge in [0.1, 0.15) is 5.52 Å². The van der Waals surface area contributed by atoms with Gasteiger partial charge in [0.05, 0.1) is 26.7 Å². The van der Waals surface area contributed by atoms with Crippen LogP contribution in [-0.2, 0) is 12.3 Å². The average Bonchev–Trinajstić information content (AvgIpc) is 2.84. The Labute approximate surface area is 218 Å². The van der Waals surface area contributed by atoms with Crippen LogP contribution in [0.3, 0.4) is 0 Å². The van der Waals surface area contributed by atoms with Gasteiger partial charge in [-0.3, -0.25) is 9.36 Å². The maximum absolute atomic E-state index is 13.8. The van der Waals surface area contributed by atoms with Gasteiger partial charge in [-0.2, -0.15) is 0 Å². The van der Waals surface area contributed by atoms with Crippen molar-refractivity contribution in [3.8, 4) is 17.2 Å². The fourth-order valence-electron chi connectivity index (χ4n) is 4.46. The lowest BCUT2D eigenvalue weighted by atomic mass is 10.1. The van der Waals surface area contributed by atoms with Crippen molar-refractivity contribution in [2.24, 2.45) is 0 Å². The molecule has 0 spiro atoms. The number of methoxy groups -OCH3 is 3. The van der Waals surface area contributed by atoms with Crippen LogP contribution in [0.4, 0.5) is 0 Å². The molecular formula is C28H39N3O4S. The zero-order valence-electron chi connectivity index (χ0n) is 22.6. The van der Waals surface area contributed by atoms with Gasteiger partial charge in [0.2, 0.25) is 5.75 Å². The second-order valence-electron chi connectivity index (χ2n) is 9.39. The van der Waals surface area contributed by atoms with Crippen molar-refractivity contribution in [3.05, 3.63) is 51.3 Å². The number of rotatable bonds is 13. The van der Waals surface area contributed by atoms with Gasteiger partial charge in [-0.25, -0.2) is 4.98 Å². The van der Waals surface area contributed by atoms with Gasteiger partial charge >= 0.3 is 0 Å². The van der Waals surface area contributed by atoms with E-state index in [9.17, 15) is 4.79 Å². The number of hydrogen-bond acceptors (Lipinski definition) is 7. The van der Waals surface area contributed by atoms with Crippen molar-refractivity contribution in [1.82, 2.24) is 14.5 Å². The first-order chi connectivity index (χ1) is 17.3. The van der Waals surface area contributed by atoms with Gasteiger partial charge < -0.3 is 19.1 Å². The van der Waals surface area contributed by atoms with Crippen LogP contribution in [0.1, 0.15) is 42.4 Å². The first-order valence-corrected chi connectivity index (χ1v) is 13.4. The number of aryl methyl sites for hydroxylation is 2. The number of hydrogen-bond donors (Lipinski definition) is 0. The molecule has 0 aliphatic heterocycles. The van der Waals surface area contributed by atoms with Crippen LogP contribution in [0.2, 0.25) is 0 Å². The lowest BCUT2D eigenvalue weighted by molar-refractivity contribution is 0.326. The summed E-state index contributed by atoms with van der Waals surface area (Å²) in [6.07, 6.45) is 4.27. The Morgan fingerprint density at radius 2 is 1.56 bits per heavy atom. The van der Waals surface area contributed by atoms with E-state index in [0.717, 1.165) is 38.0 Å². The number of thioether (sulfide) groups is 1. The van der Waals surface area contributed by atoms with E-state index in [4.69, 9.17) is 19.2 Å². The number of unbranched alkanes of at least 4 members (excludes halogenated alkanes) is 3. The van der Waals surface area contributed by atoms with Crippen molar-refractivity contribution in [3.63, 3.8) is 0 Å². The predicted molar refractivity (Wildman–Crippen MR) is 148 cm³/mol. The third-order valence-corrected chi connectivity index (χ3v) is 7.15. The third kappa shape index (κ3) is 6.73. The normalized spacial score (nSPS) is 11.3. The fraction of sp³-hybridized carbons (Fsp3) is 0.500. The van der Waals surface area contributed by atoms with Crippen LogP contribution in [0, 0.1) is 13.8 Å². The monoisotopic (exact) mass is 513 g/mol. The van der Waals surface area contributed by atoms with Gasteiger partial charge in [0.15, 0.2) is 16.7 Å². The van der Waals surface area contributed by atoms with Crippen molar-refractivity contribution >= 4 is 22.7 Å². The van der Waals surface area contributed by atoms with Crippen molar-refractivity contribution < 1.29 is 14.2 Å². The molecule has 0 N–H and O–H groups in total. The Kier molecular flexibility index (Phi) is 10.1. The van der Waals surface area contributed by atoms with Crippen LogP contribution < -0.4 is 19.8 Å². The molecule has 0 aliphatic carbocycles. The average molecular weight is 514 g/mol. The molecule has 0 fully saturated rings. The largest absolute Gasteiger partial charge is 0.493 e. The number of aromatic nitrogens is 2. The molecule has 0 bridgehead atoms. The minimum absolute atomic E-state index is 0.0875. The quantitative estimate of drug-likeness (QED) is 0.171. The van der Waals surface area contributed by atoms with Crippen LogP contribution in [0.15, 0.2) is 34.2 Å². The molecule has 0 atom stereocenters. The van der Waals surface area contributed by atoms with Gasteiger partial charge in [0, 0.05) is 12.3 Å². The topological polar surface area (TPSA) is 65.8 Å². The van der Waals surface area contributed by atoms with Gasteiger partial charge in [0.25, 0.3) is 5.56 Å². The molecule has 196 valence electrons. The summed E-state index contributed by atoms with van der Waals surface area (Å²) in [5.74, 6) is 2.02. The lowest BCUT2D eigenvalue weighted by Crippen LogP contribution is -2.24. The van der Waals surface area contributed by atoms with Crippen molar-refractivity contribution in [2.45, 2.75) is 57.0 Å². The maximum atomic E-state index is 13.8. The zero-order valence-corrected chi connectivity index (χ0v) is 23.5. The summed E-state index contributed by atoms with van der Waals surface area (Å²) >= 11 is 1.58. The molecule has 8 heteroatoms. The molecule has 1 aromatic heterocycles. The van der Waals surface area contributed by atoms with Crippen molar-refractivity contribution in [2.75, 3.05) is 42.0 Å². The molecule has 0 radical (unpaired) electrons. The Balaban J connectivity index is 2.00. The van der Waals surface area contributed by atoms with Gasteiger partial charge in [-0.15, -0.1) is 0 Å². The van der Waals surface area contributed by atoms with E-state index in [-0.39, 0.29) is 5.56 Å². The number of fused-ring (bicyclic) bond motifs is 1. The summed E-state index contributed by atoms with van der Waals surface area (Å²) in [5, 5.41) is 1.15. The van der Waals surface area contributed by atoms with Crippen molar-refractivity contribution in [1.29, 1.82) is 0 Å². The number of nitrogens with zero attached hydrogens (tertiary/aromatic N) is 3. The lowest BCUT2D eigenvalue weighted by Gasteiger charge is -2.17. The van der Waals surface area contributed by atoms with Crippen LogP contribution >= 0.6 is 11.8 Å². The summed E-state index contributed by atoms with van der Waals surface area (Å²) in [4.78, 5) is 20.9. The summed E-state index contributed by atoms with van der Waals surface area (Å²) in [6.45, 7) is 5.91. The highest BCUT2D eigenvalue weighted by atomic mass is 32.2. The minimum Gasteiger partial charge on any atom is -0.493 e. The van der Waals surface area contributed by atoms with Crippen LogP contribution in [0.25, 0.3) is 10.9 Å². The van der Waals surface area contributed by atoms with Crippen LogP contribution in [0.5, 0.6) is 17.2 Å². The molecule has 1 heterocycles. The fourth-order valence-corrected chi connectivity index (χ4v) is 5.41. The molecule has 3 aromatic rings. The highest BCUT2D eigenvalue weighted by Gasteiger charge is 2.22. The van der Waals surface area contributed by atoms with Crippen LogP contribution in [-0.4, -0.2) is 56.4 Å². The molecule has 2 aromatic carbocycles. The Hall–Kier alpha value is -2.71. The second-order valence-corrected chi connectivity index (χ2v) is 10.3. The smallest absolute Gasteiger partial charge is 0.262 e. The highest BCUT2D eigenvalue weighted by molar-refractivity contribution is 7.98. The summed E-state index contributed by atoms with van der Waals surface area (Å²) in [6, 6.07) is 8.24. The summed E-state index contributed by atoms with van der Waals surface area (Å²) in [5.41, 5.74) is 4.07. The zero-order chi connectivity index (χ0) is 26.2. The SMILES string of the molecule is COc1cc2c(=O)n(CCCCCCN(C)C)c(SCc3cc(C)cc(C)c3)nc2c(OC)c1OC. The van der Waals surface area contributed by atoms with E-state index >= 15 is 0 Å². The van der Waals surface area contributed by atoms with E-state index < -0.39 is 0 Å². The van der Waals surface area contributed by atoms with E-state index in [1.807, 2.05) is 4.57 Å². The van der Waals surface area contributed by atoms with Gasteiger partial charge in [-0.05, 0) is 59.0 Å². The first-order valence-electron chi connectivity index (χ1n) is 12.4. The molecule has 0 unspecified atom stereocenters. The molecule has 0 amide bonds. The van der Waals surface area contributed by atoms with E-state index in [2.05, 4.69) is 51.0 Å². The minimum atomic E-state index is -0.0875. The Morgan fingerprint density at radius 3 is 2.17 bits per heavy atom. The standard InChI is InChI=1S/C28H39N3O4S/c1-19-14-20(2)16-21(15-19)18-36-28-29-24-22(17-23(33-5)25(34-6)26(24)35-7)27(32)31(28)13-11-9-8-10-12-30(3)4/h14-17H,8-13,18H2,1-7H3. The molecule has 7 nitrogen and oxygen atoms in total.